The third-order valence-electron chi connectivity index (χ3n) is 4.07. The number of benzene rings is 2. The first kappa shape index (κ1) is 18.9. The van der Waals surface area contributed by atoms with Crippen molar-refractivity contribution in [2.45, 2.75) is 31.2 Å². The maximum Gasteiger partial charge on any atom is 0.237 e. The number of rotatable bonds is 5. The van der Waals surface area contributed by atoms with Crippen LogP contribution < -0.4 is 11.2 Å². The van der Waals surface area contributed by atoms with Crippen LogP contribution in [0.4, 0.5) is 10.1 Å². The molecule has 3 aromatic rings. The van der Waals surface area contributed by atoms with Crippen LogP contribution in [0.1, 0.15) is 18.1 Å². The number of halogens is 1. The highest BCUT2D eigenvalue weighted by molar-refractivity contribution is 8.00. The summed E-state index contributed by atoms with van der Waals surface area (Å²) in [5.41, 5.74) is 3.49. The molecule has 1 heterocycles. The number of hydrogen-bond acceptors (Lipinski definition) is 5. The Morgan fingerprint density at radius 3 is 2.59 bits per heavy atom. The Bertz CT molecular complexity index is 971. The first-order valence-corrected chi connectivity index (χ1v) is 9.24. The molecule has 2 aromatic carbocycles. The van der Waals surface area contributed by atoms with Crippen LogP contribution in [0.3, 0.4) is 0 Å². The van der Waals surface area contributed by atoms with E-state index >= 15 is 0 Å². The van der Waals surface area contributed by atoms with Gasteiger partial charge in [0.05, 0.1) is 5.25 Å². The minimum atomic E-state index is -0.433. The van der Waals surface area contributed by atoms with Crippen molar-refractivity contribution < 1.29 is 9.18 Å². The minimum Gasteiger partial charge on any atom is -0.335 e. The van der Waals surface area contributed by atoms with Crippen LogP contribution in [0.25, 0.3) is 11.4 Å². The van der Waals surface area contributed by atoms with Gasteiger partial charge in [-0.1, -0.05) is 23.9 Å². The molecule has 1 atom stereocenters. The zero-order chi connectivity index (χ0) is 19.6. The number of carbonyl (C=O) groups is 1. The fraction of sp³-hybridized carbons (Fsp3) is 0.211. The predicted molar refractivity (Wildman–Crippen MR) is 105 cm³/mol. The van der Waals surface area contributed by atoms with Crippen molar-refractivity contribution in [3.05, 3.63) is 59.4 Å². The number of nitrogens with one attached hydrogen (secondary N) is 1. The van der Waals surface area contributed by atoms with Crippen molar-refractivity contribution >= 4 is 23.4 Å². The lowest BCUT2D eigenvalue weighted by Gasteiger charge is -2.13. The molecule has 0 bridgehead atoms. The first-order chi connectivity index (χ1) is 12.8. The SMILES string of the molecule is Cc1ccc(C)c(NC(=O)C(C)Sc2nnc(-c3ccc(F)cc3)n2N)c1. The van der Waals surface area contributed by atoms with Crippen molar-refractivity contribution in [1.29, 1.82) is 0 Å². The molecule has 0 radical (unpaired) electrons. The average Bonchev–Trinajstić information content (AvgIpc) is 2.99. The molecule has 8 heteroatoms. The van der Waals surface area contributed by atoms with E-state index in [2.05, 4.69) is 15.5 Å². The lowest BCUT2D eigenvalue weighted by Crippen LogP contribution is -2.24. The number of carbonyl (C=O) groups excluding carboxylic acids is 1. The van der Waals surface area contributed by atoms with Crippen molar-refractivity contribution in [3.8, 4) is 11.4 Å². The van der Waals surface area contributed by atoms with Gasteiger partial charge in [-0.05, 0) is 62.2 Å². The maximum atomic E-state index is 13.1. The van der Waals surface area contributed by atoms with Crippen molar-refractivity contribution in [2.75, 3.05) is 11.2 Å². The van der Waals surface area contributed by atoms with Crippen molar-refractivity contribution in [1.82, 2.24) is 14.9 Å². The van der Waals surface area contributed by atoms with Crippen LogP contribution in [0.15, 0.2) is 47.6 Å². The van der Waals surface area contributed by atoms with Gasteiger partial charge in [-0.2, -0.15) is 0 Å². The van der Waals surface area contributed by atoms with E-state index in [0.717, 1.165) is 16.8 Å². The molecule has 27 heavy (non-hydrogen) atoms. The number of aryl methyl sites for hydroxylation is 2. The Kier molecular flexibility index (Phi) is 5.46. The Labute approximate surface area is 161 Å². The molecule has 1 unspecified atom stereocenters. The molecule has 3 N–H and O–H groups in total. The number of thioether (sulfide) groups is 1. The molecule has 1 aromatic heterocycles. The van der Waals surface area contributed by atoms with Gasteiger partial charge in [0.15, 0.2) is 5.82 Å². The number of anilines is 1. The summed E-state index contributed by atoms with van der Waals surface area (Å²) in [5.74, 6) is 5.97. The molecule has 0 spiro atoms. The summed E-state index contributed by atoms with van der Waals surface area (Å²) < 4.78 is 14.4. The van der Waals surface area contributed by atoms with E-state index in [1.165, 1.54) is 28.6 Å². The molecule has 6 nitrogen and oxygen atoms in total. The van der Waals surface area contributed by atoms with Crippen LogP contribution in [0.2, 0.25) is 0 Å². The van der Waals surface area contributed by atoms with Gasteiger partial charge in [-0.3, -0.25) is 4.79 Å². The zero-order valence-electron chi connectivity index (χ0n) is 15.2. The molecule has 0 aliphatic heterocycles. The van der Waals surface area contributed by atoms with Gasteiger partial charge < -0.3 is 11.2 Å². The van der Waals surface area contributed by atoms with E-state index in [1.54, 1.807) is 19.1 Å². The number of nitrogen functional groups attached to an aromatic ring is 1. The molecule has 0 saturated heterocycles. The lowest BCUT2D eigenvalue weighted by atomic mass is 10.1. The van der Waals surface area contributed by atoms with E-state index in [-0.39, 0.29) is 11.7 Å². The van der Waals surface area contributed by atoms with Gasteiger partial charge in [0.1, 0.15) is 5.82 Å². The Morgan fingerprint density at radius 2 is 1.89 bits per heavy atom. The highest BCUT2D eigenvalue weighted by Crippen LogP contribution is 2.26. The van der Waals surface area contributed by atoms with Gasteiger partial charge in [0, 0.05) is 11.3 Å². The summed E-state index contributed by atoms with van der Waals surface area (Å²) >= 11 is 1.20. The quantitative estimate of drug-likeness (QED) is 0.518. The number of aromatic nitrogens is 3. The number of amides is 1. The van der Waals surface area contributed by atoms with Gasteiger partial charge in [0.25, 0.3) is 0 Å². The summed E-state index contributed by atoms with van der Waals surface area (Å²) in [7, 11) is 0. The summed E-state index contributed by atoms with van der Waals surface area (Å²) in [5, 5.41) is 11.0. The standard InChI is InChI=1S/C19H20FN5OS/c1-11-4-5-12(2)16(10-11)22-18(26)13(3)27-19-24-23-17(25(19)21)14-6-8-15(20)9-7-14/h4-10,13H,21H2,1-3H3,(H,22,26). The monoisotopic (exact) mass is 385 g/mol. The van der Waals surface area contributed by atoms with Crippen LogP contribution in [0.5, 0.6) is 0 Å². The normalized spacial score (nSPS) is 12.0. The summed E-state index contributed by atoms with van der Waals surface area (Å²) in [6, 6.07) is 11.7. The van der Waals surface area contributed by atoms with Crippen LogP contribution in [-0.2, 0) is 4.79 Å². The number of nitrogens with two attached hydrogens (primary N) is 1. The minimum absolute atomic E-state index is 0.153. The van der Waals surface area contributed by atoms with E-state index in [4.69, 9.17) is 5.84 Å². The van der Waals surface area contributed by atoms with Crippen LogP contribution >= 0.6 is 11.8 Å². The third-order valence-corrected chi connectivity index (χ3v) is 5.13. The molecule has 140 valence electrons. The molecule has 0 aliphatic rings. The Hall–Kier alpha value is -2.87. The summed E-state index contributed by atoms with van der Waals surface area (Å²) in [6.45, 7) is 5.69. The fourth-order valence-corrected chi connectivity index (χ4v) is 3.24. The highest BCUT2D eigenvalue weighted by atomic mass is 32.2. The average molecular weight is 385 g/mol. The zero-order valence-corrected chi connectivity index (χ0v) is 16.0. The second kappa shape index (κ2) is 7.79. The maximum absolute atomic E-state index is 13.1. The first-order valence-electron chi connectivity index (χ1n) is 8.36. The number of hydrogen-bond donors (Lipinski definition) is 2. The molecule has 0 aliphatic carbocycles. The second-order valence-electron chi connectivity index (χ2n) is 6.25. The lowest BCUT2D eigenvalue weighted by molar-refractivity contribution is -0.115. The molecule has 0 saturated carbocycles. The molecule has 3 rings (SSSR count). The van der Waals surface area contributed by atoms with Gasteiger partial charge in [0.2, 0.25) is 11.1 Å². The van der Waals surface area contributed by atoms with Gasteiger partial charge in [-0.15, -0.1) is 10.2 Å². The van der Waals surface area contributed by atoms with E-state index < -0.39 is 5.25 Å². The van der Waals surface area contributed by atoms with Crippen LogP contribution in [0, 0.1) is 19.7 Å². The van der Waals surface area contributed by atoms with Crippen molar-refractivity contribution in [3.63, 3.8) is 0 Å². The van der Waals surface area contributed by atoms with E-state index in [0.29, 0.717) is 16.5 Å². The topological polar surface area (TPSA) is 85.8 Å². The molecular formula is C19H20FN5OS. The summed E-state index contributed by atoms with van der Waals surface area (Å²) in [4.78, 5) is 12.5. The predicted octanol–water partition coefficient (Wildman–Crippen LogP) is 3.53. The Morgan fingerprint density at radius 1 is 1.19 bits per heavy atom. The van der Waals surface area contributed by atoms with E-state index in [1.807, 2.05) is 32.0 Å². The third kappa shape index (κ3) is 4.28. The van der Waals surface area contributed by atoms with Gasteiger partial charge >= 0.3 is 0 Å². The highest BCUT2D eigenvalue weighted by Gasteiger charge is 2.20. The second-order valence-corrected chi connectivity index (χ2v) is 7.56. The fourth-order valence-electron chi connectivity index (χ4n) is 2.47. The van der Waals surface area contributed by atoms with Crippen molar-refractivity contribution in [2.24, 2.45) is 0 Å². The van der Waals surface area contributed by atoms with Gasteiger partial charge in [-0.25, -0.2) is 9.07 Å². The molecule has 1 amide bonds. The largest absolute Gasteiger partial charge is 0.335 e. The summed E-state index contributed by atoms with van der Waals surface area (Å²) in [6.07, 6.45) is 0. The van der Waals surface area contributed by atoms with Crippen LogP contribution in [-0.4, -0.2) is 26.0 Å². The smallest absolute Gasteiger partial charge is 0.237 e. The molecular weight excluding hydrogens is 365 g/mol. The Balaban J connectivity index is 1.72. The number of nitrogens with zero attached hydrogens (tertiary/aromatic N) is 3. The molecule has 0 fully saturated rings. The van der Waals surface area contributed by atoms with E-state index in [9.17, 15) is 9.18 Å².